The van der Waals surface area contributed by atoms with E-state index in [9.17, 15) is 20.0 Å². The van der Waals surface area contributed by atoms with Crippen LogP contribution in [0, 0.1) is 24.0 Å². The van der Waals surface area contributed by atoms with E-state index in [0.717, 1.165) is 6.07 Å². The number of carbonyl (C=O) groups is 1. The molecule has 0 aliphatic carbocycles. The molecule has 0 aromatic heterocycles. The summed E-state index contributed by atoms with van der Waals surface area (Å²) in [5.74, 6) is -1.71. The number of nitro benzene ring substituents is 1. The van der Waals surface area contributed by atoms with Crippen molar-refractivity contribution in [2.45, 2.75) is 19.9 Å². The Balaban J connectivity index is 3.57. The molecular formula is C10H12N2O5. The molecule has 92 valence electrons. The Bertz CT molecular complexity index is 498. The van der Waals surface area contributed by atoms with Gasteiger partial charge in [-0.1, -0.05) is 0 Å². The van der Waals surface area contributed by atoms with E-state index in [2.05, 4.69) is 0 Å². The van der Waals surface area contributed by atoms with Crippen molar-refractivity contribution in [2.24, 2.45) is 5.73 Å². The van der Waals surface area contributed by atoms with Crippen LogP contribution in [0.4, 0.5) is 5.69 Å². The molecule has 0 unspecified atom stereocenters. The number of nitro groups is 1. The first-order chi connectivity index (χ1) is 7.77. The molecule has 0 saturated carbocycles. The van der Waals surface area contributed by atoms with Gasteiger partial charge in [-0.25, -0.2) is 0 Å². The van der Waals surface area contributed by atoms with Gasteiger partial charge in [0.2, 0.25) is 0 Å². The average molecular weight is 240 g/mol. The standard InChI is InChI=1S/C10H12N2O5/c1-4-3-6(13)7(8(11)10(14)15)5(2)9(4)12(16)17/h3,8,13H,11H2,1-2H3,(H,14,15)/t8-/m0/s1. The number of aryl methyl sites for hydroxylation is 1. The second kappa shape index (κ2) is 4.38. The fourth-order valence-electron chi connectivity index (χ4n) is 1.76. The zero-order valence-corrected chi connectivity index (χ0v) is 9.30. The van der Waals surface area contributed by atoms with Crippen LogP contribution in [-0.4, -0.2) is 21.1 Å². The van der Waals surface area contributed by atoms with E-state index >= 15 is 0 Å². The van der Waals surface area contributed by atoms with Crippen LogP contribution in [0.2, 0.25) is 0 Å². The Labute approximate surface area is 96.6 Å². The molecule has 7 nitrogen and oxygen atoms in total. The van der Waals surface area contributed by atoms with Gasteiger partial charge < -0.3 is 15.9 Å². The number of carboxylic acid groups (broad SMARTS) is 1. The van der Waals surface area contributed by atoms with Crippen LogP contribution in [0.5, 0.6) is 5.75 Å². The summed E-state index contributed by atoms with van der Waals surface area (Å²) in [6.07, 6.45) is 0. The Hall–Kier alpha value is -2.15. The first-order valence-corrected chi connectivity index (χ1v) is 4.73. The number of hydrogen-bond donors (Lipinski definition) is 3. The molecule has 0 saturated heterocycles. The lowest BCUT2D eigenvalue weighted by atomic mass is 9.96. The van der Waals surface area contributed by atoms with Gasteiger partial charge in [-0.05, 0) is 19.9 Å². The van der Waals surface area contributed by atoms with E-state index in [0.29, 0.717) is 0 Å². The highest BCUT2D eigenvalue weighted by Crippen LogP contribution is 2.35. The number of nitrogens with two attached hydrogens (primary N) is 1. The molecule has 1 aromatic rings. The van der Waals surface area contributed by atoms with Crippen LogP contribution >= 0.6 is 0 Å². The summed E-state index contributed by atoms with van der Waals surface area (Å²) in [4.78, 5) is 21.0. The Morgan fingerprint density at radius 2 is 2.06 bits per heavy atom. The van der Waals surface area contributed by atoms with Gasteiger partial charge in [0.1, 0.15) is 11.8 Å². The molecule has 0 amide bonds. The summed E-state index contributed by atoms with van der Waals surface area (Å²) >= 11 is 0. The van der Waals surface area contributed by atoms with E-state index in [1.54, 1.807) is 0 Å². The van der Waals surface area contributed by atoms with E-state index in [-0.39, 0.29) is 28.1 Å². The molecule has 0 fully saturated rings. The van der Waals surface area contributed by atoms with Crippen LogP contribution in [0.15, 0.2) is 6.07 Å². The van der Waals surface area contributed by atoms with Gasteiger partial charge in [-0.15, -0.1) is 0 Å². The number of phenolic OH excluding ortho intramolecular Hbond substituents is 1. The zero-order valence-electron chi connectivity index (χ0n) is 9.30. The fraction of sp³-hybridized carbons (Fsp3) is 0.300. The molecule has 1 aromatic carbocycles. The Morgan fingerprint density at radius 1 is 1.53 bits per heavy atom. The number of carboxylic acids is 1. The average Bonchev–Trinajstić information content (AvgIpc) is 2.15. The van der Waals surface area contributed by atoms with Crippen LogP contribution < -0.4 is 5.73 Å². The first-order valence-electron chi connectivity index (χ1n) is 4.73. The maximum absolute atomic E-state index is 10.8. The molecular weight excluding hydrogens is 228 g/mol. The number of phenols is 1. The maximum atomic E-state index is 10.8. The van der Waals surface area contributed by atoms with Crippen molar-refractivity contribution in [1.29, 1.82) is 0 Å². The van der Waals surface area contributed by atoms with Crippen molar-refractivity contribution in [2.75, 3.05) is 0 Å². The van der Waals surface area contributed by atoms with Crippen molar-refractivity contribution >= 4 is 11.7 Å². The maximum Gasteiger partial charge on any atom is 0.325 e. The topological polar surface area (TPSA) is 127 Å². The van der Waals surface area contributed by atoms with Gasteiger partial charge in [0.05, 0.1) is 4.92 Å². The summed E-state index contributed by atoms with van der Waals surface area (Å²) in [7, 11) is 0. The second-order valence-corrected chi connectivity index (χ2v) is 3.67. The number of rotatable bonds is 3. The molecule has 0 heterocycles. The number of hydrogen-bond acceptors (Lipinski definition) is 5. The largest absolute Gasteiger partial charge is 0.508 e. The molecule has 0 radical (unpaired) electrons. The van der Waals surface area contributed by atoms with Gasteiger partial charge in [-0.3, -0.25) is 14.9 Å². The van der Waals surface area contributed by atoms with E-state index in [1.165, 1.54) is 13.8 Å². The molecule has 1 rings (SSSR count). The number of nitrogens with zero attached hydrogens (tertiary/aromatic N) is 1. The minimum absolute atomic E-state index is 0.0717. The zero-order chi connectivity index (χ0) is 13.3. The summed E-state index contributed by atoms with van der Waals surface area (Å²) in [5, 5.41) is 29.2. The molecule has 17 heavy (non-hydrogen) atoms. The van der Waals surface area contributed by atoms with Crippen molar-refractivity contribution in [3.8, 4) is 5.75 Å². The quantitative estimate of drug-likeness (QED) is 0.534. The summed E-state index contributed by atoms with van der Waals surface area (Å²) in [6.45, 7) is 2.82. The van der Waals surface area contributed by atoms with Crippen molar-refractivity contribution < 1.29 is 19.9 Å². The molecule has 0 aliphatic heterocycles. The van der Waals surface area contributed by atoms with E-state index in [1.807, 2.05) is 0 Å². The van der Waals surface area contributed by atoms with Gasteiger partial charge in [0, 0.05) is 16.7 Å². The third-order valence-electron chi connectivity index (χ3n) is 2.52. The van der Waals surface area contributed by atoms with Crippen LogP contribution in [0.3, 0.4) is 0 Å². The first kappa shape index (κ1) is 12.9. The van der Waals surface area contributed by atoms with E-state index in [4.69, 9.17) is 10.8 Å². The summed E-state index contributed by atoms with van der Waals surface area (Å²) in [5.41, 5.74) is 5.35. The molecule has 0 bridgehead atoms. The Morgan fingerprint density at radius 3 is 2.47 bits per heavy atom. The monoisotopic (exact) mass is 240 g/mol. The van der Waals surface area contributed by atoms with Crippen molar-refractivity contribution in [3.63, 3.8) is 0 Å². The second-order valence-electron chi connectivity index (χ2n) is 3.67. The third-order valence-corrected chi connectivity index (χ3v) is 2.52. The van der Waals surface area contributed by atoms with Crippen molar-refractivity contribution in [3.05, 3.63) is 32.9 Å². The highest BCUT2D eigenvalue weighted by atomic mass is 16.6. The smallest absolute Gasteiger partial charge is 0.325 e. The molecule has 0 spiro atoms. The van der Waals surface area contributed by atoms with Gasteiger partial charge in [-0.2, -0.15) is 0 Å². The molecule has 0 aliphatic rings. The minimum Gasteiger partial charge on any atom is -0.508 e. The number of aliphatic carboxylic acids is 1. The predicted octanol–water partition coefficient (Wildman–Crippen LogP) is 1.00. The number of benzene rings is 1. The lowest BCUT2D eigenvalue weighted by molar-refractivity contribution is -0.386. The highest BCUT2D eigenvalue weighted by Gasteiger charge is 2.27. The van der Waals surface area contributed by atoms with Crippen molar-refractivity contribution in [1.82, 2.24) is 0 Å². The predicted molar refractivity (Wildman–Crippen MR) is 58.8 cm³/mol. The summed E-state index contributed by atoms with van der Waals surface area (Å²) < 4.78 is 0. The highest BCUT2D eigenvalue weighted by molar-refractivity contribution is 5.78. The lowest BCUT2D eigenvalue weighted by Gasteiger charge is -2.14. The van der Waals surface area contributed by atoms with Gasteiger partial charge in [0.15, 0.2) is 0 Å². The van der Waals surface area contributed by atoms with Crippen LogP contribution in [0.25, 0.3) is 0 Å². The number of aromatic hydroxyl groups is 1. The van der Waals surface area contributed by atoms with Gasteiger partial charge in [0.25, 0.3) is 5.69 Å². The SMILES string of the molecule is Cc1cc(O)c([C@H](N)C(=O)O)c(C)c1[N+](=O)[O-]. The third kappa shape index (κ3) is 2.18. The Kier molecular flexibility index (Phi) is 3.33. The fourth-order valence-corrected chi connectivity index (χ4v) is 1.76. The van der Waals surface area contributed by atoms with Gasteiger partial charge >= 0.3 is 5.97 Å². The minimum atomic E-state index is -1.49. The van der Waals surface area contributed by atoms with E-state index < -0.39 is 16.9 Å². The van der Waals surface area contributed by atoms with Crippen LogP contribution in [-0.2, 0) is 4.79 Å². The molecule has 4 N–H and O–H groups in total. The lowest BCUT2D eigenvalue weighted by Crippen LogP contribution is -2.22. The molecule has 1 atom stereocenters. The normalized spacial score (nSPS) is 12.2. The summed E-state index contributed by atoms with van der Waals surface area (Å²) in [6, 6.07) is -0.349. The van der Waals surface area contributed by atoms with Crippen LogP contribution in [0.1, 0.15) is 22.7 Å². The molecule has 7 heteroatoms.